The Balaban J connectivity index is 0.00000256. The van der Waals surface area contributed by atoms with Crippen LogP contribution in [0.25, 0.3) is 0 Å². The van der Waals surface area contributed by atoms with Crippen molar-refractivity contribution in [3.8, 4) is 5.75 Å². The molecule has 0 aliphatic rings. The van der Waals surface area contributed by atoms with Crippen LogP contribution in [0.2, 0.25) is 0 Å². The topological polar surface area (TPSA) is 66.5 Å². The molecule has 1 aromatic rings. The fourth-order valence-electron chi connectivity index (χ4n) is 1.19. The van der Waals surface area contributed by atoms with Crippen molar-refractivity contribution in [2.75, 3.05) is 6.61 Å². The zero-order valence-electron chi connectivity index (χ0n) is 8.33. The summed E-state index contributed by atoms with van der Waals surface area (Å²) in [7, 11) is 0. The highest BCUT2D eigenvalue weighted by Gasteiger charge is 2.39. The lowest BCUT2D eigenvalue weighted by molar-refractivity contribution is -0.0717. The minimum atomic E-state index is -3.49. The number of aliphatic hydroxyl groups is 1. The molecule has 98 valence electrons. The number of benzene rings is 1. The second kappa shape index (κ2) is 6.29. The quantitative estimate of drug-likeness (QED) is 0.735. The van der Waals surface area contributed by atoms with E-state index >= 15 is 0 Å². The molecule has 0 heterocycles. The molecule has 0 fully saturated rings. The van der Waals surface area contributed by atoms with Gasteiger partial charge >= 0.3 is 0 Å². The third-order valence-corrected chi connectivity index (χ3v) is 3.16. The third-order valence-electron chi connectivity index (χ3n) is 2.05. The van der Waals surface area contributed by atoms with Crippen LogP contribution in [0, 0.1) is 0 Å². The Hall–Kier alpha value is 0.0500. The number of aliphatic hydroxyl groups excluding tert-OH is 1. The molecule has 3 nitrogen and oxygen atoms in total. The minimum Gasteiger partial charge on any atom is -0.508 e. The predicted molar refractivity (Wildman–Crippen MR) is 69.7 cm³/mol. The lowest BCUT2D eigenvalue weighted by atomic mass is 10.0. The van der Waals surface area contributed by atoms with Crippen molar-refractivity contribution in [2.24, 2.45) is 5.73 Å². The second-order valence-corrected chi connectivity index (χ2v) is 4.99. The Bertz CT molecular complexity index is 384. The number of halogens is 5. The number of nitrogens with two attached hydrogens (primary N) is 1. The smallest absolute Gasteiger partial charge is 0.289 e. The van der Waals surface area contributed by atoms with E-state index in [9.17, 15) is 13.9 Å². The van der Waals surface area contributed by atoms with Crippen molar-refractivity contribution in [2.45, 2.75) is 12.0 Å². The van der Waals surface area contributed by atoms with Crippen molar-refractivity contribution in [3.63, 3.8) is 0 Å². The summed E-state index contributed by atoms with van der Waals surface area (Å²) in [6.07, 6.45) is 0. The molecule has 1 atom stereocenters. The Morgan fingerprint density at radius 3 is 2.29 bits per heavy atom. The first-order chi connectivity index (χ1) is 7.29. The zero-order valence-corrected chi connectivity index (χ0v) is 12.3. The zero-order chi connectivity index (χ0) is 12.5. The van der Waals surface area contributed by atoms with Crippen LogP contribution in [0.1, 0.15) is 11.6 Å². The van der Waals surface area contributed by atoms with E-state index in [0.717, 1.165) is 0 Å². The van der Waals surface area contributed by atoms with Gasteiger partial charge in [0.1, 0.15) is 18.4 Å². The predicted octanol–water partition coefficient (Wildman–Crippen LogP) is 2.97. The molecule has 8 heteroatoms. The van der Waals surface area contributed by atoms with Crippen LogP contribution in [0.15, 0.2) is 21.1 Å². The van der Waals surface area contributed by atoms with Gasteiger partial charge in [0.05, 0.1) is 0 Å². The SMILES string of the molecule is Cl.N[C@@H](c1c(O)cc(Br)cc1Br)C(F)(F)CO. The highest BCUT2D eigenvalue weighted by Crippen LogP contribution is 2.39. The van der Waals surface area contributed by atoms with Crippen LogP contribution >= 0.6 is 44.3 Å². The average Bonchev–Trinajstić information content (AvgIpc) is 2.15. The number of rotatable bonds is 3. The minimum absolute atomic E-state index is 0. The van der Waals surface area contributed by atoms with Gasteiger partial charge in [0, 0.05) is 14.5 Å². The first kappa shape index (κ1) is 17.1. The van der Waals surface area contributed by atoms with Crippen molar-refractivity contribution in [1.29, 1.82) is 0 Å². The van der Waals surface area contributed by atoms with Gasteiger partial charge in [-0.15, -0.1) is 12.4 Å². The highest BCUT2D eigenvalue weighted by atomic mass is 79.9. The summed E-state index contributed by atoms with van der Waals surface area (Å²) >= 11 is 6.13. The fraction of sp³-hybridized carbons (Fsp3) is 0.333. The summed E-state index contributed by atoms with van der Waals surface area (Å²) in [4.78, 5) is 0. The van der Waals surface area contributed by atoms with Crippen LogP contribution in [0.3, 0.4) is 0 Å². The van der Waals surface area contributed by atoms with E-state index in [1.54, 1.807) is 0 Å². The molecular formula is C9H10Br2ClF2NO2. The maximum atomic E-state index is 13.2. The Kier molecular flexibility index (Phi) is 6.30. The van der Waals surface area contributed by atoms with Gasteiger partial charge in [-0.05, 0) is 12.1 Å². The molecule has 0 saturated carbocycles. The van der Waals surface area contributed by atoms with Gasteiger partial charge in [-0.3, -0.25) is 0 Å². The van der Waals surface area contributed by atoms with Gasteiger partial charge in [0.25, 0.3) is 5.92 Å². The molecule has 0 aliphatic heterocycles. The maximum Gasteiger partial charge on any atom is 0.289 e. The summed E-state index contributed by atoms with van der Waals surface area (Å²) < 4.78 is 27.1. The van der Waals surface area contributed by atoms with E-state index in [1.165, 1.54) is 12.1 Å². The molecule has 0 aromatic heterocycles. The average molecular weight is 397 g/mol. The van der Waals surface area contributed by atoms with Gasteiger partial charge < -0.3 is 15.9 Å². The van der Waals surface area contributed by atoms with Gasteiger partial charge in [0.2, 0.25) is 0 Å². The maximum absolute atomic E-state index is 13.2. The van der Waals surface area contributed by atoms with E-state index in [2.05, 4.69) is 31.9 Å². The highest BCUT2D eigenvalue weighted by molar-refractivity contribution is 9.11. The summed E-state index contributed by atoms with van der Waals surface area (Å²) in [5, 5.41) is 18.1. The molecule has 0 aliphatic carbocycles. The van der Waals surface area contributed by atoms with Crippen LogP contribution in [0.4, 0.5) is 8.78 Å². The van der Waals surface area contributed by atoms with Gasteiger partial charge in [-0.25, -0.2) is 8.78 Å². The monoisotopic (exact) mass is 395 g/mol. The third kappa shape index (κ3) is 3.75. The molecule has 0 spiro atoms. The van der Waals surface area contributed by atoms with Gasteiger partial charge in [0.15, 0.2) is 0 Å². The van der Waals surface area contributed by atoms with E-state index in [1.807, 2.05) is 0 Å². The number of hydrogen-bond acceptors (Lipinski definition) is 3. The van der Waals surface area contributed by atoms with E-state index in [0.29, 0.717) is 4.47 Å². The van der Waals surface area contributed by atoms with E-state index < -0.39 is 18.6 Å². The van der Waals surface area contributed by atoms with Crippen LogP contribution in [-0.2, 0) is 0 Å². The molecule has 17 heavy (non-hydrogen) atoms. The molecule has 0 amide bonds. The lowest BCUT2D eigenvalue weighted by Crippen LogP contribution is -2.36. The van der Waals surface area contributed by atoms with Crippen LogP contribution in [0.5, 0.6) is 5.75 Å². The first-order valence-electron chi connectivity index (χ1n) is 4.21. The molecule has 1 rings (SSSR count). The first-order valence-corrected chi connectivity index (χ1v) is 5.80. The molecule has 0 unspecified atom stereocenters. The van der Waals surface area contributed by atoms with Crippen LogP contribution < -0.4 is 5.73 Å². The summed E-state index contributed by atoms with van der Waals surface area (Å²) in [6.45, 7) is -1.38. The second-order valence-electron chi connectivity index (χ2n) is 3.22. The van der Waals surface area contributed by atoms with E-state index in [4.69, 9.17) is 10.8 Å². The number of aromatic hydroxyl groups is 1. The van der Waals surface area contributed by atoms with Crippen molar-refractivity contribution in [1.82, 2.24) is 0 Å². The van der Waals surface area contributed by atoms with Gasteiger partial charge in [-0.2, -0.15) is 0 Å². The fourth-order valence-corrected chi connectivity index (χ4v) is 2.64. The van der Waals surface area contributed by atoms with Crippen molar-refractivity contribution >= 4 is 44.3 Å². The normalized spacial score (nSPS) is 13.1. The molecule has 0 radical (unpaired) electrons. The standard InChI is InChI=1S/C9H9Br2F2NO2.ClH/c10-4-1-5(11)7(6(16)2-4)8(14)9(12,13)3-15;/h1-2,8,15-16H,3,14H2;1H/t8-;/m0./s1. The molecule has 1 aromatic carbocycles. The van der Waals surface area contributed by atoms with Gasteiger partial charge in [-0.1, -0.05) is 31.9 Å². The molecule has 0 saturated heterocycles. The summed E-state index contributed by atoms with van der Waals surface area (Å²) in [5.74, 6) is -3.85. The Morgan fingerprint density at radius 2 is 1.88 bits per heavy atom. The Labute approximate surface area is 120 Å². The summed E-state index contributed by atoms with van der Waals surface area (Å²) in [5.41, 5.74) is 5.18. The molecule has 4 N–H and O–H groups in total. The number of hydrogen-bond donors (Lipinski definition) is 3. The molecular weight excluding hydrogens is 387 g/mol. The number of phenols is 1. The summed E-state index contributed by atoms with van der Waals surface area (Å²) in [6, 6.07) is 0.968. The molecule has 0 bridgehead atoms. The largest absolute Gasteiger partial charge is 0.508 e. The lowest BCUT2D eigenvalue weighted by Gasteiger charge is -2.23. The van der Waals surface area contributed by atoms with Crippen molar-refractivity contribution in [3.05, 3.63) is 26.6 Å². The van der Waals surface area contributed by atoms with E-state index in [-0.39, 0.29) is 28.2 Å². The van der Waals surface area contributed by atoms with Crippen molar-refractivity contribution < 1.29 is 19.0 Å². The Morgan fingerprint density at radius 1 is 1.35 bits per heavy atom. The van der Waals surface area contributed by atoms with Crippen LogP contribution in [-0.4, -0.2) is 22.7 Å². The number of phenolic OH excluding ortho intramolecular Hbond substituents is 1. The number of alkyl halides is 2.